The predicted octanol–water partition coefficient (Wildman–Crippen LogP) is 4.45. The monoisotopic (exact) mass is 273 g/mol. The van der Waals surface area contributed by atoms with Crippen LogP contribution in [0.4, 0.5) is 4.79 Å². The second-order valence-corrected chi connectivity index (χ2v) is 6.14. The molecule has 1 atom stereocenters. The van der Waals surface area contributed by atoms with Crippen molar-refractivity contribution in [3.05, 3.63) is 41.5 Å². The third-order valence-corrected chi connectivity index (χ3v) is 3.42. The zero-order valence-corrected chi connectivity index (χ0v) is 12.7. The Morgan fingerprint density at radius 1 is 1.35 bits per heavy atom. The molecule has 0 spiro atoms. The number of rotatable bonds is 1. The number of hydrogen-bond donors (Lipinski definition) is 1. The fourth-order valence-electron chi connectivity index (χ4n) is 2.58. The smallest absolute Gasteiger partial charge is 0.408 e. The first-order valence-electron chi connectivity index (χ1n) is 7.14. The van der Waals surface area contributed by atoms with Gasteiger partial charge < -0.3 is 10.1 Å². The summed E-state index contributed by atoms with van der Waals surface area (Å²) in [4.78, 5) is 11.9. The van der Waals surface area contributed by atoms with Gasteiger partial charge in [-0.2, -0.15) is 0 Å². The number of benzene rings is 1. The molecule has 3 heteroatoms. The largest absolute Gasteiger partial charge is 0.444 e. The van der Waals surface area contributed by atoms with Gasteiger partial charge in [-0.3, -0.25) is 0 Å². The minimum atomic E-state index is -0.466. The van der Waals surface area contributed by atoms with Crippen LogP contribution in [0.5, 0.6) is 0 Å². The zero-order chi connectivity index (χ0) is 14.8. The number of ether oxygens (including phenoxy) is 1. The number of carbonyl (C=O) groups excluding carboxylic acids is 1. The molecule has 0 heterocycles. The van der Waals surface area contributed by atoms with Crippen molar-refractivity contribution >= 4 is 11.7 Å². The van der Waals surface area contributed by atoms with Crippen molar-refractivity contribution in [2.45, 2.75) is 52.2 Å². The molecule has 20 heavy (non-hydrogen) atoms. The van der Waals surface area contributed by atoms with E-state index in [4.69, 9.17) is 4.74 Å². The van der Waals surface area contributed by atoms with Gasteiger partial charge in [0.1, 0.15) is 5.60 Å². The van der Waals surface area contributed by atoms with Crippen molar-refractivity contribution in [1.82, 2.24) is 5.32 Å². The van der Waals surface area contributed by atoms with Gasteiger partial charge in [0, 0.05) is 0 Å². The fourth-order valence-corrected chi connectivity index (χ4v) is 2.58. The molecule has 0 radical (unpaired) electrons. The van der Waals surface area contributed by atoms with E-state index < -0.39 is 5.60 Å². The Morgan fingerprint density at radius 3 is 2.70 bits per heavy atom. The van der Waals surface area contributed by atoms with E-state index in [0.717, 1.165) is 12.8 Å². The first-order chi connectivity index (χ1) is 9.40. The van der Waals surface area contributed by atoms with E-state index >= 15 is 0 Å². The average Bonchev–Trinajstić information content (AvgIpc) is 2.37. The molecule has 0 saturated heterocycles. The topological polar surface area (TPSA) is 38.3 Å². The van der Waals surface area contributed by atoms with Gasteiger partial charge in [-0.05, 0) is 57.2 Å². The van der Waals surface area contributed by atoms with Crippen molar-refractivity contribution in [3.8, 4) is 0 Å². The highest BCUT2D eigenvalue weighted by Gasteiger charge is 2.25. The number of fused-ring (bicyclic) bond motifs is 1. The summed E-state index contributed by atoms with van der Waals surface area (Å²) in [5.41, 5.74) is 3.30. The van der Waals surface area contributed by atoms with E-state index in [-0.39, 0.29) is 12.1 Å². The molecule has 0 bridgehead atoms. The number of hydrogen-bond acceptors (Lipinski definition) is 2. The normalized spacial score (nSPS) is 20.4. The fraction of sp³-hybridized carbons (Fsp3) is 0.471. The van der Waals surface area contributed by atoms with Crippen LogP contribution in [-0.2, 0) is 4.74 Å². The summed E-state index contributed by atoms with van der Waals surface area (Å²) in [6.07, 6.45) is 3.70. The van der Waals surface area contributed by atoms with Crippen LogP contribution >= 0.6 is 0 Å². The second-order valence-electron chi connectivity index (χ2n) is 6.14. The molecule has 1 amide bonds. The number of nitrogens with one attached hydrogen (secondary N) is 1. The molecule has 1 aliphatic rings. The van der Waals surface area contributed by atoms with Crippen molar-refractivity contribution in [3.63, 3.8) is 0 Å². The molecule has 0 saturated carbocycles. The molecule has 2 rings (SSSR count). The summed E-state index contributed by atoms with van der Waals surface area (Å²) >= 11 is 0. The lowest BCUT2D eigenvalue weighted by molar-refractivity contribution is 0.0500. The SMILES string of the molecule is C/C=C1\CC[C@H](NC(=O)OC(C)(C)C)c2ccccc21. The van der Waals surface area contributed by atoms with Crippen LogP contribution in [0.3, 0.4) is 0 Å². The van der Waals surface area contributed by atoms with E-state index in [1.807, 2.05) is 32.9 Å². The second kappa shape index (κ2) is 5.70. The van der Waals surface area contributed by atoms with Gasteiger partial charge in [0.15, 0.2) is 0 Å². The highest BCUT2D eigenvalue weighted by Crippen LogP contribution is 2.36. The van der Waals surface area contributed by atoms with Gasteiger partial charge in [-0.25, -0.2) is 4.79 Å². The lowest BCUT2D eigenvalue weighted by atomic mass is 9.84. The van der Waals surface area contributed by atoms with Gasteiger partial charge in [-0.15, -0.1) is 0 Å². The minimum Gasteiger partial charge on any atom is -0.444 e. The summed E-state index contributed by atoms with van der Waals surface area (Å²) < 4.78 is 5.34. The van der Waals surface area contributed by atoms with Crippen molar-refractivity contribution < 1.29 is 9.53 Å². The van der Waals surface area contributed by atoms with Crippen LogP contribution < -0.4 is 5.32 Å². The Morgan fingerprint density at radius 2 is 2.05 bits per heavy atom. The Kier molecular flexibility index (Phi) is 4.17. The summed E-state index contributed by atoms with van der Waals surface area (Å²) in [5.74, 6) is 0. The Hall–Kier alpha value is -1.77. The van der Waals surface area contributed by atoms with Gasteiger partial charge in [0.2, 0.25) is 0 Å². The zero-order valence-electron chi connectivity index (χ0n) is 12.7. The molecule has 1 N–H and O–H groups in total. The van der Waals surface area contributed by atoms with Crippen molar-refractivity contribution in [2.75, 3.05) is 0 Å². The van der Waals surface area contributed by atoms with Crippen LogP contribution in [0.25, 0.3) is 5.57 Å². The standard InChI is InChI=1S/C17H23NO2/c1-5-12-10-11-15(14-9-7-6-8-13(12)14)18-16(19)20-17(2,3)4/h5-9,15H,10-11H2,1-4H3,(H,18,19)/b12-5+/t15-/m0/s1. The average molecular weight is 273 g/mol. The molecule has 0 fully saturated rings. The maximum absolute atomic E-state index is 11.9. The third-order valence-electron chi connectivity index (χ3n) is 3.42. The Labute approximate surface area is 121 Å². The van der Waals surface area contributed by atoms with Crippen LogP contribution in [-0.4, -0.2) is 11.7 Å². The van der Waals surface area contributed by atoms with Gasteiger partial charge >= 0.3 is 6.09 Å². The lowest BCUT2D eigenvalue weighted by Gasteiger charge is -2.29. The number of carbonyl (C=O) groups is 1. The lowest BCUT2D eigenvalue weighted by Crippen LogP contribution is -2.36. The van der Waals surface area contributed by atoms with Crippen LogP contribution in [0.2, 0.25) is 0 Å². The first kappa shape index (κ1) is 14.6. The molecule has 1 aromatic rings. The van der Waals surface area contributed by atoms with E-state index in [1.165, 1.54) is 16.7 Å². The third kappa shape index (κ3) is 3.41. The summed E-state index contributed by atoms with van der Waals surface area (Å²) in [6, 6.07) is 8.29. The molecule has 3 nitrogen and oxygen atoms in total. The van der Waals surface area contributed by atoms with Crippen molar-refractivity contribution in [2.24, 2.45) is 0 Å². The molecular weight excluding hydrogens is 250 g/mol. The first-order valence-corrected chi connectivity index (χ1v) is 7.14. The summed E-state index contributed by atoms with van der Waals surface area (Å²) in [7, 11) is 0. The molecule has 0 aliphatic heterocycles. The Bertz CT molecular complexity index is 526. The molecule has 0 unspecified atom stereocenters. The van der Waals surface area contributed by atoms with E-state index in [2.05, 4.69) is 30.4 Å². The summed E-state index contributed by atoms with van der Waals surface area (Å²) in [5, 5.41) is 2.99. The van der Waals surface area contributed by atoms with Crippen LogP contribution in [0, 0.1) is 0 Å². The minimum absolute atomic E-state index is 0.0322. The molecule has 1 aromatic carbocycles. The van der Waals surface area contributed by atoms with E-state index in [9.17, 15) is 4.79 Å². The summed E-state index contributed by atoms with van der Waals surface area (Å²) in [6.45, 7) is 7.69. The molecule has 1 aliphatic carbocycles. The van der Waals surface area contributed by atoms with Crippen molar-refractivity contribution in [1.29, 1.82) is 0 Å². The predicted molar refractivity (Wildman–Crippen MR) is 81.4 cm³/mol. The number of alkyl carbamates (subject to hydrolysis) is 1. The van der Waals surface area contributed by atoms with E-state index in [1.54, 1.807) is 0 Å². The highest BCUT2D eigenvalue weighted by atomic mass is 16.6. The highest BCUT2D eigenvalue weighted by molar-refractivity contribution is 5.73. The van der Waals surface area contributed by atoms with E-state index in [0.29, 0.717) is 0 Å². The number of allylic oxidation sites excluding steroid dienone is 2. The molecule has 0 aromatic heterocycles. The Balaban J connectivity index is 2.17. The van der Waals surface area contributed by atoms with Gasteiger partial charge in [0.05, 0.1) is 6.04 Å². The maximum atomic E-state index is 11.9. The molecule has 108 valence electrons. The van der Waals surface area contributed by atoms with Crippen LogP contribution in [0.1, 0.15) is 57.7 Å². The quantitative estimate of drug-likeness (QED) is 0.821. The maximum Gasteiger partial charge on any atom is 0.408 e. The van der Waals surface area contributed by atoms with Crippen LogP contribution in [0.15, 0.2) is 30.3 Å². The van der Waals surface area contributed by atoms with Gasteiger partial charge in [-0.1, -0.05) is 30.3 Å². The van der Waals surface area contributed by atoms with Gasteiger partial charge in [0.25, 0.3) is 0 Å². The molecular formula is C17H23NO2. The number of amides is 1.